The molecule has 1 heterocycles. The molecule has 2 aromatic carbocycles. The van der Waals surface area contributed by atoms with Crippen LogP contribution in [0.4, 0.5) is 0 Å². The van der Waals surface area contributed by atoms with E-state index < -0.39 is 10.1 Å². The molecule has 0 spiro atoms. The van der Waals surface area contributed by atoms with Gasteiger partial charge in [-0.1, -0.05) is 43.3 Å². The van der Waals surface area contributed by atoms with E-state index in [0.29, 0.717) is 11.8 Å². The van der Waals surface area contributed by atoms with E-state index in [2.05, 4.69) is 4.98 Å². The van der Waals surface area contributed by atoms with Gasteiger partial charge in [0.25, 0.3) is 0 Å². The van der Waals surface area contributed by atoms with Gasteiger partial charge >= 0.3 is 10.1 Å². The number of aryl methyl sites for hydroxylation is 1. The Hall–Kier alpha value is -2.34. The van der Waals surface area contributed by atoms with Gasteiger partial charge < -0.3 is 0 Å². The third kappa shape index (κ3) is 2.50. The number of rotatable bonds is 4. The zero-order valence-electron chi connectivity index (χ0n) is 11.4. The molecule has 0 unspecified atom stereocenters. The van der Waals surface area contributed by atoms with Crippen LogP contribution in [0, 0.1) is 0 Å². The Morgan fingerprint density at radius 1 is 1.19 bits per heavy atom. The topological polar surface area (TPSA) is 61.2 Å². The summed E-state index contributed by atoms with van der Waals surface area (Å²) in [5.74, 6) is 0. The Kier molecular flexibility index (Phi) is 3.39. The van der Waals surface area contributed by atoms with E-state index >= 15 is 0 Å². The summed E-state index contributed by atoms with van der Waals surface area (Å²) < 4.78 is 31.4. The quantitative estimate of drug-likeness (QED) is 0.742. The summed E-state index contributed by atoms with van der Waals surface area (Å²) in [6.07, 6.45) is 4.80. The minimum absolute atomic E-state index is 0.219. The first-order valence-corrected chi connectivity index (χ1v) is 7.96. The van der Waals surface area contributed by atoms with E-state index in [0.717, 1.165) is 15.7 Å². The zero-order valence-corrected chi connectivity index (χ0v) is 12.2. The van der Waals surface area contributed by atoms with E-state index in [4.69, 9.17) is 4.28 Å². The molecule has 3 rings (SSSR count). The van der Waals surface area contributed by atoms with E-state index in [-0.39, 0.29) is 4.90 Å². The van der Waals surface area contributed by atoms with Gasteiger partial charge in [0.1, 0.15) is 11.2 Å². The molecular formula is C15H14N2O3S. The Morgan fingerprint density at radius 2 is 2.00 bits per heavy atom. The van der Waals surface area contributed by atoms with Gasteiger partial charge in [-0.25, -0.2) is 4.98 Å². The summed E-state index contributed by atoms with van der Waals surface area (Å²) in [4.78, 5) is 4.00. The van der Waals surface area contributed by atoms with E-state index in [1.807, 2.05) is 37.3 Å². The van der Waals surface area contributed by atoms with Gasteiger partial charge in [-0.3, -0.25) is 4.28 Å². The Labute approximate surface area is 122 Å². The molecule has 0 saturated carbocycles. The SMILES string of the molecule is CCc1ccc2ccccc2c1S(=O)(=O)On1ccnc1. The molecule has 6 heteroatoms. The van der Waals surface area contributed by atoms with Crippen molar-refractivity contribution in [3.63, 3.8) is 0 Å². The maximum atomic E-state index is 12.6. The first-order valence-electron chi connectivity index (χ1n) is 6.55. The molecule has 0 aliphatic carbocycles. The van der Waals surface area contributed by atoms with Crippen LogP contribution in [0.25, 0.3) is 10.8 Å². The molecule has 1 aromatic heterocycles. The summed E-state index contributed by atoms with van der Waals surface area (Å²) in [6, 6.07) is 11.1. The highest BCUT2D eigenvalue weighted by atomic mass is 32.2. The lowest BCUT2D eigenvalue weighted by Crippen LogP contribution is -2.20. The number of benzene rings is 2. The molecule has 0 fully saturated rings. The largest absolute Gasteiger partial charge is 0.358 e. The summed E-state index contributed by atoms with van der Waals surface area (Å²) >= 11 is 0. The molecule has 3 aromatic rings. The second kappa shape index (κ2) is 5.21. The van der Waals surface area contributed by atoms with Gasteiger partial charge in [-0.05, 0) is 17.4 Å². The van der Waals surface area contributed by atoms with Gasteiger partial charge in [0, 0.05) is 11.6 Å². The van der Waals surface area contributed by atoms with Crippen LogP contribution in [-0.4, -0.2) is 18.1 Å². The normalized spacial score (nSPS) is 11.7. The lowest BCUT2D eigenvalue weighted by molar-refractivity contribution is 0.278. The molecule has 0 atom stereocenters. The highest BCUT2D eigenvalue weighted by Crippen LogP contribution is 2.27. The summed E-state index contributed by atoms with van der Waals surface area (Å²) in [5.41, 5.74) is 0.730. The fourth-order valence-electron chi connectivity index (χ4n) is 2.30. The maximum Gasteiger partial charge on any atom is 0.358 e. The summed E-state index contributed by atoms with van der Waals surface area (Å²) in [6.45, 7) is 1.92. The average molecular weight is 302 g/mol. The van der Waals surface area contributed by atoms with Crippen LogP contribution < -0.4 is 4.28 Å². The molecule has 0 saturated heterocycles. The molecule has 0 radical (unpaired) electrons. The standard InChI is InChI=1S/C15H14N2O3S/c1-2-12-7-8-13-5-3-4-6-14(13)15(12)21(18,19)20-17-10-9-16-11-17/h3-11H,2H2,1H3. The number of hydrogen-bond acceptors (Lipinski definition) is 4. The molecule has 108 valence electrons. The highest BCUT2D eigenvalue weighted by molar-refractivity contribution is 7.87. The molecule has 0 N–H and O–H groups in total. The molecule has 0 aliphatic rings. The molecule has 0 bridgehead atoms. The Balaban J connectivity index is 2.22. The minimum atomic E-state index is -3.93. The predicted octanol–water partition coefficient (Wildman–Crippen LogP) is 2.42. The molecule has 0 aliphatic heterocycles. The van der Waals surface area contributed by atoms with E-state index in [1.165, 1.54) is 18.7 Å². The lowest BCUT2D eigenvalue weighted by Gasteiger charge is -2.13. The number of hydrogen-bond donors (Lipinski definition) is 0. The fraction of sp³-hybridized carbons (Fsp3) is 0.133. The van der Waals surface area contributed by atoms with Gasteiger partial charge in [0.15, 0.2) is 0 Å². The van der Waals surface area contributed by atoms with Crippen LogP contribution in [0.5, 0.6) is 0 Å². The molecule has 5 nitrogen and oxygen atoms in total. The minimum Gasteiger partial charge on any atom is -0.283 e. The van der Waals surface area contributed by atoms with Crippen LogP contribution in [-0.2, 0) is 16.5 Å². The van der Waals surface area contributed by atoms with Crippen molar-refractivity contribution in [1.82, 2.24) is 9.71 Å². The van der Waals surface area contributed by atoms with Crippen LogP contribution in [0.15, 0.2) is 60.0 Å². The van der Waals surface area contributed by atoms with Gasteiger partial charge in [-0.2, -0.15) is 13.1 Å². The number of aromatic nitrogens is 2. The lowest BCUT2D eigenvalue weighted by atomic mass is 10.1. The van der Waals surface area contributed by atoms with Crippen molar-refractivity contribution in [3.8, 4) is 0 Å². The van der Waals surface area contributed by atoms with Crippen molar-refractivity contribution in [2.24, 2.45) is 0 Å². The van der Waals surface area contributed by atoms with Crippen molar-refractivity contribution in [1.29, 1.82) is 0 Å². The van der Waals surface area contributed by atoms with Crippen LogP contribution in [0.2, 0.25) is 0 Å². The van der Waals surface area contributed by atoms with Crippen molar-refractivity contribution in [2.75, 3.05) is 0 Å². The summed E-state index contributed by atoms with van der Waals surface area (Å²) in [7, 11) is -3.93. The number of fused-ring (bicyclic) bond motifs is 1. The van der Waals surface area contributed by atoms with E-state index in [9.17, 15) is 8.42 Å². The molecule has 21 heavy (non-hydrogen) atoms. The third-order valence-electron chi connectivity index (χ3n) is 3.26. The predicted molar refractivity (Wildman–Crippen MR) is 79.3 cm³/mol. The zero-order chi connectivity index (χ0) is 14.9. The van der Waals surface area contributed by atoms with E-state index in [1.54, 1.807) is 6.07 Å². The number of imidazole rings is 1. The van der Waals surface area contributed by atoms with Gasteiger partial charge in [0.05, 0.1) is 6.20 Å². The molecule has 0 amide bonds. The van der Waals surface area contributed by atoms with Crippen molar-refractivity contribution in [2.45, 2.75) is 18.2 Å². The van der Waals surface area contributed by atoms with Gasteiger partial charge in [0.2, 0.25) is 0 Å². The number of nitrogens with zero attached hydrogens (tertiary/aromatic N) is 2. The second-order valence-electron chi connectivity index (χ2n) is 4.58. The molecular weight excluding hydrogens is 288 g/mol. The Morgan fingerprint density at radius 3 is 2.71 bits per heavy atom. The van der Waals surface area contributed by atoms with Crippen molar-refractivity contribution in [3.05, 3.63) is 60.7 Å². The van der Waals surface area contributed by atoms with Crippen molar-refractivity contribution < 1.29 is 12.7 Å². The first-order chi connectivity index (χ1) is 10.1. The second-order valence-corrected chi connectivity index (χ2v) is 6.05. The first kappa shape index (κ1) is 13.6. The fourth-order valence-corrected chi connectivity index (χ4v) is 3.68. The highest BCUT2D eigenvalue weighted by Gasteiger charge is 2.23. The van der Waals surface area contributed by atoms with Crippen LogP contribution in [0.3, 0.4) is 0 Å². The van der Waals surface area contributed by atoms with Crippen molar-refractivity contribution >= 4 is 20.9 Å². The third-order valence-corrected chi connectivity index (χ3v) is 4.61. The smallest absolute Gasteiger partial charge is 0.283 e. The average Bonchev–Trinajstić information content (AvgIpc) is 2.98. The Bertz CT molecular complexity index is 871. The van der Waals surface area contributed by atoms with Crippen LogP contribution in [0.1, 0.15) is 12.5 Å². The summed E-state index contributed by atoms with van der Waals surface area (Å²) in [5, 5.41) is 1.53. The van der Waals surface area contributed by atoms with Gasteiger partial charge in [-0.15, -0.1) is 0 Å². The van der Waals surface area contributed by atoms with Crippen LogP contribution >= 0.6 is 0 Å². The maximum absolute atomic E-state index is 12.6. The monoisotopic (exact) mass is 302 g/mol.